The fourth-order valence-corrected chi connectivity index (χ4v) is 2.36. The molecule has 1 rings (SSSR count). The fraction of sp³-hybridized carbons (Fsp3) is 0.571. The third-order valence-corrected chi connectivity index (χ3v) is 3.65. The summed E-state index contributed by atoms with van der Waals surface area (Å²) < 4.78 is 5.26. The van der Waals surface area contributed by atoms with Crippen LogP contribution in [0.5, 0.6) is 0 Å². The van der Waals surface area contributed by atoms with E-state index in [2.05, 4.69) is 37.4 Å². The number of thioether (sulfide) groups is 1. The molecule has 1 aromatic rings. The second-order valence-electron chi connectivity index (χ2n) is 4.04. The van der Waals surface area contributed by atoms with Crippen molar-refractivity contribution in [1.29, 1.82) is 0 Å². The highest BCUT2D eigenvalue weighted by Crippen LogP contribution is 2.20. The Labute approximate surface area is 109 Å². The lowest BCUT2D eigenvalue weighted by Crippen LogP contribution is -2.22. The Morgan fingerprint density at radius 3 is 2.71 bits per heavy atom. The van der Waals surface area contributed by atoms with E-state index >= 15 is 0 Å². The molecule has 0 spiro atoms. The number of nitrogens with one attached hydrogen (secondary N) is 1. The summed E-state index contributed by atoms with van der Waals surface area (Å²) in [5, 5.41) is 3.37. The van der Waals surface area contributed by atoms with E-state index in [-0.39, 0.29) is 0 Å². The average Bonchev–Trinajstić information content (AvgIpc) is 2.32. The lowest BCUT2D eigenvalue weighted by Gasteiger charge is -2.06. The molecule has 2 nitrogen and oxygen atoms in total. The maximum atomic E-state index is 5.26. The highest BCUT2D eigenvalue weighted by atomic mass is 32.2. The Hall–Kier alpha value is -0.510. The molecule has 0 aliphatic carbocycles. The summed E-state index contributed by atoms with van der Waals surface area (Å²) in [6.07, 6.45) is 0. The molecule has 0 aliphatic heterocycles. The van der Waals surface area contributed by atoms with Crippen molar-refractivity contribution < 1.29 is 4.74 Å². The van der Waals surface area contributed by atoms with Crippen LogP contribution in [0, 0.1) is 13.8 Å². The summed E-state index contributed by atoms with van der Waals surface area (Å²) >= 11 is 1.90. The lowest BCUT2D eigenvalue weighted by molar-refractivity contribution is 0.150. The summed E-state index contributed by atoms with van der Waals surface area (Å²) in [7, 11) is 0. The van der Waals surface area contributed by atoms with Gasteiger partial charge >= 0.3 is 0 Å². The summed E-state index contributed by atoms with van der Waals surface area (Å²) in [4.78, 5) is 1.36. The van der Waals surface area contributed by atoms with Crippen LogP contribution in [0.1, 0.15) is 18.1 Å². The number of aryl methyl sites for hydroxylation is 2. The maximum absolute atomic E-state index is 5.26. The van der Waals surface area contributed by atoms with E-state index < -0.39 is 0 Å². The van der Waals surface area contributed by atoms with Gasteiger partial charge in [-0.3, -0.25) is 0 Å². The zero-order chi connectivity index (χ0) is 12.5. The van der Waals surface area contributed by atoms with Gasteiger partial charge in [-0.05, 0) is 44.0 Å². The van der Waals surface area contributed by atoms with Crippen LogP contribution in [0.15, 0.2) is 23.1 Å². The van der Waals surface area contributed by atoms with Crippen LogP contribution in [0.3, 0.4) is 0 Å². The minimum atomic E-state index is 0.805. The summed E-state index contributed by atoms with van der Waals surface area (Å²) in [5.41, 5.74) is 2.74. The lowest BCUT2D eigenvalue weighted by atomic mass is 10.1. The standard InChI is InChI=1S/C14H23NOS/c1-4-16-9-7-15-8-10-17-14-6-5-12(2)13(3)11-14/h5-6,11,15H,4,7-10H2,1-3H3. The monoisotopic (exact) mass is 253 g/mol. The zero-order valence-corrected chi connectivity index (χ0v) is 11.9. The predicted molar refractivity (Wildman–Crippen MR) is 76.0 cm³/mol. The van der Waals surface area contributed by atoms with Crippen molar-refractivity contribution >= 4 is 11.8 Å². The van der Waals surface area contributed by atoms with Crippen molar-refractivity contribution in [2.45, 2.75) is 25.7 Å². The van der Waals surface area contributed by atoms with E-state index in [9.17, 15) is 0 Å². The quantitative estimate of drug-likeness (QED) is 0.568. The molecule has 0 saturated heterocycles. The Bertz CT molecular complexity index is 328. The Balaban J connectivity index is 2.11. The molecule has 0 aliphatic rings. The van der Waals surface area contributed by atoms with Crippen molar-refractivity contribution in [2.24, 2.45) is 0 Å². The number of benzene rings is 1. The first-order valence-electron chi connectivity index (χ1n) is 6.22. The van der Waals surface area contributed by atoms with E-state index in [4.69, 9.17) is 4.74 Å². The topological polar surface area (TPSA) is 21.3 Å². The molecule has 17 heavy (non-hydrogen) atoms. The van der Waals surface area contributed by atoms with Gasteiger partial charge in [-0.25, -0.2) is 0 Å². The third kappa shape index (κ3) is 6.10. The van der Waals surface area contributed by atoms with E-state index in [1.807, 2.05) is 18.7 Å². The van der Waals surface area contributed by atoms with Crippen LogP contribution in [0.4, 0.5) is 0 Å². The molecule has 0 unspecified atom stereocenters. The summed E-state index contributed by atoms with van der Waals surface area (Å²) in [5.74, 6) is 1.11. The van der Waals surface area contributed by atoms with Gasteiger partial charge in [-0.15, -0.1) is 11.8 Å². The first kappa shape index (κ1) is 14.6. The molecule has 3 heteroatoms. The molecule has 0 atom stereocenters. The van der Waals surface area contributed by atoms with Crippen LogP contribution in [0.2, 0.25) is 0 Å². The number of hydrogen-bond acceptors (Lipinski definition) is 3. The van der Waals surface area contributed by atoms with Crippen molar-refractivity contribution in [1.82, 2.24) is 5.32 Å². The van der Waals surface area contributed by atoms with Crippen molar-refractivity contribution in [3.8, 4) is 0 Å². The van der Waals surface area contributed by atoms with Gasteiger partial charge in [0, 0.05) is 30.3 Å². The molecule has 0 saturated carbocycles. The minimum Gasteiger partial charge on any atom is -0.380 e. The molecule has 0 heterocycles. The van der Waals surface area contributed by atoms with E-state index in [1.165, 1.54) is 16.0 Å². The smallest absolute Gasteiger partial charge is 0.0590 e. The number of ether oxygens (including phenoxy) is 1. The molecular formula is C14H23NOS. The van der Waals surface area contributed by atoms with Gasteiger partial charge in [0.15, 0.2) is 0 Å². The molecule has 1 N–H and O–H groups in total. The van der Waals surface area contributed by atoms with Gasteiger partial charge in [-0.1, -0.05) is 6.07 Å². The molecule has 0 amide bonds. The predicted octanol–water partition coefficient (Wildman–Crippen LogP) is 3.02. The molecule has 0 fully saturated rings. The molecule has 1 aromatic carbocycles. The van der Waals surface area contributed by atoms with Crippen LogP contribution >= 0.6 is 11.8 Å². The van der Waals surface area contributed by atoms with E-state index in [0.717, 1.165) is 32.1 Å². The first-order valence-corrected chi connectivity index (χ1v) is 7.21. The second-order valence-corrected chi connectivity index (χ2v) is 5.21. The van der Waals surface area contributed by atoms with Crippen molar-refractivity contribution in [2.75, 3.05) is 32.1 Å². The molecule has 96 valence electrons. The number of rotatable bonds is 8. The highest BCUT2D eigenvalue weighted by Gasteiger charge is 1.97. The minimum absolute atomic E-state index is 0.805. The normalized spacial score (nSPS) is 10.8. The fourth-order valence-electron chi connectivity index (χ4n) is 1.46. The molecular weight excluding hydrogens is 230 g/mol. The van der Waals surface area contributed by atoms with Gasteiger partial charge < -0.3 is 10.1 Å². The Morgan fingerprint density at radius 1 is 1.18 bits per heavy atom. The summed E-state index contributed by atoms with van der Waals surface area (Å²) in [6, 6.07) is 6.66. The molecule has 0 radical (unpaired) electrons. The first-order chi connectivity index (χ1) is 8.24. The van der Waals surface area contributed by atoms with Crippen molar-refractivity contribution in [3.05, 3.63) is 29.3 Å². The summed E-state index contributed by atoms with van der Waals surface area (Å²) in [6.45, 7) is 9.93. The van der Waals surface area contributed by atoms with Gasteiger partial charge in [0.25, 0.3) is 0 Å². The Kier molecular flexibility index (Phi) is 7.33. The van der Waals surface area contributed by atoms with Gasteiger partial charge in [0.1, 0.15) is 0 Å². The average molecular weight is 253 g/mol. The van der Waals surface area contributed by atoms with Crippen LogP contribution in [-0.4, -0.2) is 32.1 Å². The van der Waals surface area contributed by atoms with E-state index in [1.54, 1.807) is 0 Å². The van der Waals surface area contributed by atoms with Crippen LogP contribution in [-0.2, 0) is 4.74 Å². The highest BCUT2D eigenvalue weighted by molar-refractivity contribution is 7.99. The zero-order valence-electron chi connectivity index (χ0n) is 11.1. The Morgan fingerprint density at radius 2 is 2.00 bits per heavy atom. The van der Waals surface area contributed by atoms with E-state index in [0.29, 0.717) is 0 Å². The van der Waals surface area contributed by atoms with Crippen LogP contribution in [0.25, 0.3) is 0 Å². The molecule has 0 aromatic heterocycles. The second kappa shape index (κ2) is 8.56. The van der Waals surface area contributed by atoms with Crippen molar-refractivity contribution in [3.63, 3.8) is 0 Å². The van der Waals surface area contributed by atoms with Crippen LogP contribution < -0.4 is 5.32 Å². The SMILES string of the molecule is CCOCCNCCSc1ccc(C)c(C)c1. The third-order valence-electron chi connectivity index (χ3n) is 2.65. The van der Waals surface area contributed by atoms with Gasteiger partial charge in [0.2, 0.25) is 0 Å². The maximum Gasteiger partial charge on any atom is 0.0590 e. The van der Waals surface area contributed by atoms with Gasteiger partial charge in [0.05, 0.1) is 6.61 Å². The molecule has 0 bridgehead atoms. The number of hydrogen-bond donors (Lipinski definition) is 1. The largest absolute Gasteiger partial charge is 0.380 e. The van der Waals surface area contributed by atoms with Gasteiger partial charge in [-0.2, -0.15) is 0 Å².